The highest BCUT2D eigenvalue weighted by atomic mass is 16.5. The van der Waals surface area contributed by atoms with Crippen LogP contribution in [0, 0.1) is 0 Å². The topological polar surface area (TPSA) is 73.6 Å². The van der Waals surface area contributed by atoms with Crippen LogP contribution in [0.2, 0.25) is 0 Å². The number of carbonyl (C=O) groups excluding carboxylic acids is 2. The normalized spacial score (nSPS) is 11.9. The first-order chi connectivity index (χ1) is 13.0. The maximum absolute atomic E-state index is 12.2. The van der Waals surface area contributed by atoms with Crippen molar-refractivity contribution in [2.24, 2.45) is 0 Å². The SMILES string of the molecule is CC[C@H](C)c1ccc(C(=O)COC(=O)c2cc3ccccc3oc2=O)cc1. The zero-order valence-electron chi connectivity index (χ0n) is 15.2. The van der Waals surface area contributed by atoms with Crippen molar-refractivity contribution >= 4 is 22.7 Å². The fourth-order valence-corrected chi connectivity index (χ4v) is 2.73. The lowest BCUT2D eigenvalue weighted by molar-refractivity contribution is 0.0470. The van der Waals surface area contributed by atoms with Gasteiger partial charge < -0.3 is 9.15 Å². The van der Waals surface area contributed by atoms with Crippen LogP contribution in [0.25, 0.3) is 11.0 Å². The Labute approximate surface area is 156 Å². The van der Waals surface area contributed by atoms with Gasteiger partial charge in [-0.05, 0) is 30.0 Å². The molecule has 1 atom stereocenters. The van der Waals surface area contributed by atoms with E-state index in [1.54, 1.807) is 36.4 Å². The van der Waals surface area contributed by atoms with Crippen molar-refractivity contribution in [1.29, 1.82) is 0 Å². The molecule has 27 heavy (non-hydrogen) atoms. The third kappa shape index (κ3) is 4.14. The average Bonchev–Trinajstić information content (AvgIpc) is 2.70. The second-order valence-corrected chi connectivity index (χ2v) is 6.42. The summed E-state index contributed by atoms with van der Waals surface area (Å²) in [4.78, 5) is 36.4. The summed E-state index contributed by atoms with van der Waals surface area (Å²) >= 11 is 0. The number of para-hydroxylation sites is 1. The summed E-state index contributed by atoms with van der Waals surface area (Å²) in [6.45, 7) is 3.79. The second kappa shape index (κ2) is 7.99. The van der Waals surface area contributed by atoms with E-state index in [0.29, 0.717) is 22.5 Å². The highest BCUT2D eigenvalue weighted by Crippen LogP contribution is 2.19. The third-order valence-corrected chi connectivity index (χ3v) is 4.61. The van der Waals surface area contributed by atoms with Crippen LogP contribution in [0.5, 0.6) is 0 Å². The molecule has 0 aliphatic carbocycles. The summed E-state index contributed by atoms with van der Waals surface area (Å²) in [6.07, 6.45) is 1.01. The molecule has 0 bridgehead atoms. The van der Waals surface area contributed by atoms with Crippen LogP contribution in [-0.4, -0.2) is 18.4 Å². The monoisotopic (exact) mass is 364 g/mol. The Morgan fingerprint density at radius 1 is 1.07 bits per heavy atom. The van der Waals surface area contributed by atoms with Gasteiger partial charge in [0.15, 0.2) is 12.4 Å². The molecule has 5 heteroatoms. The molecule has 0 unspecified atom stereocenters. The number of benzene rings is 2. The number of hydrogen-bond donors (Lipinski definition) is 0. The minimum atomic E-state index is -0.876. The van der Waals surface area contributed by atoms with Crippen molar-refractivity contribution in [3.63, 3.8) is 0 Å². The van der Waals surface area contributed by atoms with E-state index in [9.17, 15) is 14.4 Å². The van der Waals surface area contributed by atoms with E-state index in [1.165, 1.54) is 6.07 Å². The summed E-state index contributed by atoms with van der Waals surface area (Å²) in [7, 11) is 0. The van der Waals surface area contributed by atoms with Crippen molar-refractivity contribution in [1.82, 2.24) is 0 Å². The zero-order valence-corrected chi connectivity index (χ0v) is 15.2. The predicted octanol–water partition coefficient (Wildman–Crippen LogP) is 4.35. The van der Waals surface area contributed by atoms with E-state index in [1.807, 2.05) is 12.1 Å². The summed E-state index contributed by atoms with van der Waals surface area (Å²) < 4.78 is 10.1. The van der Waals surface area contributed by atoms with Gasteiger partial charge in [-0.15, -0.1) is 0 Å². The number of Topliss-reactive ketones (excluding diaryl/α,β-unsaturated/α-hetero) is 1. The van der Waals surface area contributed by atoms with Crippen LogP contribution < -0.4 is 5.63 Å². The molecular formula is C22H20O5. The lowest BCUT2D eigenvalue weighted by Crippen LogP contribution is -2.20. The van der Waals surface area contributed by atoms with Gasteiger partial charge in [0.25, 0.3) is 0 Å². The van der Waals surface area contributed by atoms with Gasteiger partial charge in [0.05, 0.1) is 0 Å². The molecule has 0 saturated heterocycles. The van der Waals surface area contributed by atoms with E-state index >= 15 is 0 Å². The van der Waals surface area contributed by atoms with Gasteiger partial charge in [-0.25, -0.2) is 9.59 Å². The zero-order chi connectivity index (χ0) is 19.4. The molecule has 0 amide bonds. The highest BCUT2D eigenvalue weighted by Gasteiger charge is 2.17. The fourth-order valence-electron chi connectivity index (χ4n) is 2.73. The molecule has 0 spiro atoms. The molecule has 3 rings (SSSR count). The Kier molecular flexibility index (Phi) is 5.50. The quantitative estimate of drug-likeness (QED) is 0.369. The van der Waals surface area contributed by atoms with Crippen molar-refractivity contribution in [2.75, 3.05) is 6.61 Å². The van der Waals surface area contributed by atoms with Crippen LogP contribution in [-0.2, 0) is 4.74 Å². The molecule has 0 aliphatic rings. The lowest BCUT2D eigenvalue weighted by Gasteiger charge is -2.09. The summed E-state index contributed by atoms with van der Waals surface area (Å²) in [5.74, 6) is -0.789. The average molecular weight is 364 g/mol. The molecular weight excluding hydrogens is 344 g/mol. The Morgan fingerprint density at radius 3 is 2.48 bits per heavy atom. The van der Waals surface area contributed by atoms with Gasteiger partial charge in [0.2, 0.25) is 0 Å². The first kappa shape index (κ1) is 18.6. The van der Waals surface area contributed by atoms with Gasteiger partial charge in [0.1, 0.15) is 11.1 Å². The number of carbonyl (C=O) groups is 2. The van der Waals surface area contributed by atoms with Crippen molar-refractivity contribution < 1.29 is 18.7 Å². The third-order valence-electron chi connectivity index (χ3n) is 4.61. The molecule has 5 nitrogen and oxygen atoms in total. The van der Waals surface area contributed by atoms with Crippen LogP contribution in [0.4, 0.5) is 0 Å². The predicted molar refractivity (Wildman–Crippen MR) is 102 cm³/mol. The van der Waals surface area contributed by atoms with Crippen molar-refractivity contribution in [3.8, 4) is 0 Å². The number of ether oxygens (including phenoxy) is 1. The van der Waals surface area contributed by atoms with Gasteiger partial charge in [-0.2, -0.15) is 0 Å². The van der Waals surface area contributed by atoms with Crippen LogP contribution >= 0.6 is 0 Å². The number of fused-ring (bicyclic) bond motifs is 1. The Balaban J connectivity index is 1.69. The number of hydrogen-bond acceptors (Lipinski definition) is 5. The van der Waals surface area contributed by atoms with Crippen LogP contribution in [0.3, 0.4) is 0 Å². The van der Waals surface area contributed by atoms with Crippen LogP contribution in [0.15, 0.2) is 63.8 Å². The minimum Gasteiger partial charge on any atom is -0.453 e. The molecule has 2 aromatic carbocycles. The van der Waals surface area contributed by atoms with Gasteiger partial charge in [-0.1, -0.05) is 56.3 Å². The first-order valence-corrected chi connectivity index (χ1v) is 8.82. The minimum absolute atomic E-state index is 0.228. The second-order valence-electron chi connectivity index (χ2n) is 6.42. The number of esters is 1. The highest BCUT2D eigenvalue weighted by molar-refractivity contribution is 5.99. The van der Waals surface area contributed by atoms with E-state index < -0.39 is 18.2 Å². The van der Waals surface area contributed by atoms with E-state index in [2.05, 4.69) is 13.8 Å². The maximum atomic E-state index is 12.2. The number of ketones is 1. The van der Waals surface area contributed by atoms with Crippen molar-refractivity contribution in [2.45, 2.75) is 26.2 Å². The largest absolute Gasteiger partial charge is 0.453 e. The Hall–Kier alpha value is -3.21. The molecule has 0 radical (unpaired) electrons. The molecule has 3 aromatic rings. The molecule has 1 aromatic heterocycles. The Bertz CT molecular complexity index is 1030. The summed E-state index contributed by atoms with van der Waals surface area (Å²) in [5.41, 5.74) is 0.981. The lowest BCUT2D eigenvalue weighted by atomic mass is 9.97. The molecule has 0 aliphatic heterocycles. The van der Waals surface area contributed by atoms with Crippen LogP contribution in [0.1, 0.15) is 52.5 Å². The fraction of sp³-hybridized carbons (Fsp3) is 0.227. The summed E-state index contributed by atoms with van der Waals surface area (Å²) in [5, 5.41) is 0.607. The first-order valence-electron chi connectivity index (χ1n) is 8.82. The van der Waals surface area contributed by atoms with E-state index in [0.717, 1.165) is 12.0 Å². The summed E-state index contributed by atoms with van der Waals surface area (Å²) in [6, 6.07) is 15.5. The van der Waals surface area contributed by atoms with Gasteiger partial charge >= 0.3 is 11.6 Å². The van der Waals surface area contributed by atoms with Gasteiger partial charge in [-0.3, -0.25) is 4.79 Å². The van der Waals surface area contributed by atoms with Crippen molar-refractivity contribution in [3.05, 3.63) is 81.7 Å². The molecule has 1 heterocycles. The van der Waals surface area contributed by atoms with Gasteiger partial charge in [0, 0.05) is 10.9 Å². The van der Waals surface area contributed by atoms with E-state index in [-0.39, 0.29) is 11.3 Å². The Morgan fingerprint density at radius 2 is 1.78 bits per heavy atom. The van der Waals surface area contributed by atoms with E-state index in [4.69, 9.17) is 9.15 Å². The maximum Gasteiger partial charge on any atom is 0.351 e. The molecule has 0 N–H and O–H groups in total. The molecule has 138 valence electrons. The smallest absolute Gasteiger partial charge is 0.351 e. The molecule has 0 saturated carbocycles. The molecule has 0 fully saturated rings. The standard InChI is InChI=1S/C22H20O5/c1-3-14(2)15-8-10-16(11-9-15)19(23)13-26-21(24)18-12-17-6-4-5-7-20(17)27-22(18)25/h4-12,14H,3,13H2,1-2H3/t14-/m0/s1. The number of rotatable bonds is 6.